The molecule has 0 heterocycles. The van der Waals surface area contributed by atoms with Gasteiger partial charge in [0.25, 0.3) is 0 Å². The maximum atomic E-state index is 11.5. The Morgan fingerprint density at radius 2 is 1.65 bits per heavy atom. The fraction of sp³-hybridized carbons (Fsp3) is 0.562. The molecule has 1 aromatic carbocycles. The molecule has 3 nitrogen and oxygen atoms in total. The van der Waals surface area contributed by atoms with E-state index in [-0.39, 0.29) is 0 Å². The SMILES string of the molecule is CC.CC.Cc1ccc(NC(=O)OC(C)(C)C)cc1Br. The van der Waals surface area contributed by atoms with Gasteiger partial charge in [0.05, 0.1) is 0 Å². The molecule has 0 bridgehead atoms. The van der Waals surface area contributed by atoms with E-state index in [1.54, 1.807) is 0 Å². The van der Waals surface area contributed by atoms with Crippen LogP contribution in [0, 0.1) is 6.92 Å². The van der Waals surface area contributed by atoms with E-state index in [9.17, 15) is 4.79 Å². The number of amides is 1. The number of carbonyl (C=O) groups is 1. The van der Waals surface area contributed by atoms with Crippen LogP contribution < -0.4 is 5.32 Å². The molecule has 0 atom stereocenters. The van der Waals surface area contributed by atoms with E-state index in [1.165, 1.54) is 0 Å². The number of rotatable bonds is 1. The van der Waals surface area contributed by atoms with Gasteiger partial charge in [-0.3, -0.25) is 5.32 Å². The van der Waals surface area contributed by atoms with Crippen LogP contribution in [0.15, 0.2) is 22.7 Å². The number of benzene rings is 1. The lowest BCUT2D eigenvalue weighted by molar-refractivity contribution is 0.0636. The molecule has 0 fully saturated rings. The zero-order valence-electron chi connectivity index (χ0n) is 13.9. The first-order chi connectivity index (χ1) is 9.28. The molecule has 0 aliphatic carbocycles. The van der Waals surface area contributed by atoms with Crippen molar-refractivity contribution in [2.45, 2.75) is 61.0 Å². The molecular weight excluding hydrogens is 318 g/mol. The summed E-state index contributed by atoms with van der Waals surface area (Å²) in [7, 11) is 0. The number of anilines is 1. The van der Waals surface area contributed by atoms with E-state index in [2.05, 4.69) is 21.2 Å². The van der Waals surface area contributed by atoms with E-state index in [0.29, 0.717) is 5.69 Å². The van der Waals surface area contributed by atoms with Crippen LogP contribution in [-0.2, 0) is 4.74 Å². The van der Waals surface area contributed by atoms with Crippen LogP contribution in [0.5, 0.6) is 0 Å². The van der Waals surface area contributed by atoms with Gasteiger partial charge in [0.2, 0.25) is 0 Å². The van der Waals surface area contributed by atoms with Crippen LogP contribution in [0.2, 0.25) is 0 Å². The van der Waals surface area contributed by atoms with Crippen LogP contribution in [0.1, 0.15) is 54.0 Å². The normalized spacial score (nSPS) is 9.45. The van der Waals surface area contributed by atoms with E-state index >= 15 is 0 Å². The van der Waals surface area contributed by atoms with Gasteiger partial charge >= 0.3 is 6.09 Å². The Hall–Kier alpha value is -1.03. The van der Waals surface area contributed by atoms with Crippen molar-refractivity contribution in [1.29, 1.82) is 0 Å². The summed E-state index contributed by atoms with van der Waals surface area (Å²) >= 11 is 3.41. The van der Waals surface area contributed by atoms with Crippen molar-refractivity contribution >= 4 is 27.7 Å². The minimum Gasteiger partial charge on any atom is -0.444 e. The van der Waals surface area contributed by atoms with E-state index in [1.807, 2.05) is 73.6 Å². The zero-order valence-corrected chi connectivity index (χ0v) is 15.5. The first-order valence-corrected chi connectivity index (χ1v) is 7.83. The number of hydrogen-bond acceptors (Lipinski definition) is 2. The summed E-state index contributed by atoms with van der Waals surface area (Å²) in [6.07, 6.45) is -0.441. The number of hydrogen-bond donors (Lipinski definition) is 1. The third-order valence-electron chi connectivity index (χ3n) is 1.82. The summed E-state index contributed by atoms with van der Waals surface area (Å²) < 4.78 is 6.11. The lowest BCUT2D eigenvalue weighted by atomic mass is 10.2. The monoisotopic (exact) mass is 345 g/mol. The van der Waals surface area contributed by atoms with Gasteiger partial charge in [0, 0.05) is 10.2 Å². The standard InChI is InChI=1S/C12H16BrNO2.2C2H6/c1-8-5-6-9(7-10(8)13)14-11(15)16-12(2,3)4;2*1-2/h5-7H,1-4H3,(H,14,15);2*1-2H3. The molecule has 4 heteroatoms. The zero-order chi connectivity index (χ0) is 16.3. The van der Waals surface area contributed by atoms with E-state index in [4.69, 9.17) is 4.74 Å². The Morgan fingerprint density at radius 1 is 1.15 bits per heavy atom. The average Bonchev–Trinajstić information content (AvgIpc) is 2.36. The number of halogens is 1. The second-order valence-electron chi connectivity index (χ2n) is 4.59. The summed E-state index contributed by atoms with van der Waals surface area (Å²) in [6.45, 7) is 15.5. The maximum Gasteiger partial charge on any atom is 0.412 e. The van der Waals surface area contributed by atoms with Gasteiger partial charge in [-0.2, -0.15) is 0 Å². The topological polar surface area (TPSA) is 38.3 Å². The molecule has 116 valence electrons. The minimum atomic E-state index is -0.480. The molecule has 0 unspecified atom stereocenters. The predicted octanol–water partition coefficient (Wildman–Crippen LogP) is 6.16. The average molecular weight is 346 g/mol. The maximum absolute atomic E-state index is 11.5. The van der Waals surface area contributed by atoms with Gasteiger partial charge in [-0.05, 0) is 45.4 Å². The summed E-state index contributed by atoms with van der Waals surface area (Å²) in [5, 5.41) is 2.68. The summed E-state index contributed by atoms with van der Waals surface area (Å²) in [5.41, 5.74) is 1.35. The highest BCUT2D eigenvalue weighted by molar-refractivity contribution is 9.10. The van der Waals surface area contributed by atoms with Gasteiger partial charge in [0.1, 0.15) is 5.60 Å². The van der Waals surface area contributed by atoms with Crippen molar-refractivity contribution in [3.05, 3.63) is 28.2 Å². The molecule has 1 N–H and O–H groups in total. The number of ether oxygens (including phenoxy) is 1. The molecule has 1 amide bonds. The Labute approximate surface area is 132 Å². The van der Waals surface area contributed by atoms with Gasteiger partial charge in [-0.15, -0.1) is 0 Å². The van der Waals surface area contributed by atoms with Crippen LogP contribution in [0.4, 0.5) is 10.5 Å². The van der Waals surface area contributed by atoms with Crippen LogP contribution in [0.25, 0.3) is 0 Å². The molecule has 0 saturated carbocycles. The molecule has 0 aromatic heterocycles. The summed E-state index contributed by atoms with van der Waals surface area (Å²) in [6, 6.07) is 5.61. The molecule has 0 aliphatic rings. The first-order valence-electron chi connectivity index (χ1n) is 7.04. The van der Waals surface area contributed by atoms with Gasteiger partial charge in [0.15, 0.2) is 0 Å². The lowest BCUT2D eigenvalue weighted by Crippen LogP contribution is -2.27. The highest BCUT2D eigenvalue weighted by Gasteiger charge is 2.16. The number of nitrogens with one attached hydrogen (secondary N) is 1. The molecule has 0 spiro atoms. The van der Waals surface area contributed by atoms with Crippen LogP contribution in [0.3, 0.4) is 0 Å². The van der Waals surface area contributed by atoms with Gasteiger partial charge in [-0.1, -0.05) is 49.7 Å². The lowest BCUT2D eigenvalue weighted by Gasteiger charge is -2.19. The molecule has 20 heavy (non-hydrogen) atoms. The largest absolute Gasteiger partial charge is 0.444 e. The smallest absolute Gasteiger partial charge is 0.412 e. The van der Waals surface area contributed by atoms with Crippen molar-refractivity contribution in [3.8, 4) is 0 Å². The van der Waals surface area contributed by atoms with E-state index < -0.39 is 11.7 Å². The third kappa shape index (κ3) is 9.84. The van der Waals surface area contributed by atoms with Crippen molar-refractivity contribution in [2.75, 3.05) is 5.32 Å². The van der Waals surface area contributed by atoms with Crippen molar-refractivity contribution in [1.82, 2.24) is 0 Å². The molecule has 0 aliphatic heterocycles. The van der Waals surface area contributed by atoms with Gasteiger partial charge in [-0.25, -0.2) is 4.79 Å². The second kappa shape index (κ2) is 10.7. The van der Waals surface area contributed by atoms with Crippen LogP contribution >= 0.6 is 15.9 Å². The predicted molar refractivity (Wildman–Crippen MR) is 91.4 cm³/mol. The summed E-state index contributed by atoms with van der Waals surface area (Å²) in [5.74, 6) is 0. The third-order valence-corrected chi connectivity index (χ3v) is 2.67. The molecular formula is C16H28BrNO2. The Morgan fingerprint density at radius 3 is 2.05 bits per heavy atom. The summed E-state index contributed by atoms with van der Waals surface area (Å²) in [4.78, 5) is 11.5. The van der Waals surface area contributed by atoms with Crippen molar-refractivity contribution in [2.24, 2.45) is 0 Å². The molecule has 0 radical (unpaired) electrons. The Kier molecular flexibility index (Phi) is 11.4. The molecule has 0 saturated heterocycles. The Balaban J connectivity index is 0. The van der Waals surface area contributed by atoms with Crippen molar-refractivity contribution < 1.29 is 9.53 Å². The number of aryl methyl sites for hydroxylation is 1. The first kappa shape index (κ1) is 21.3. The quantitative estimate of drug-likeness (QED) is 0.661. The van der Waals surface area contributed by atoms with Gasteiger partial charge < -0.3 is 4.74 Å². The van der Waals surface area contributed by atoms with Crippen LogP contribution in [-0.4, -0.2) is 11.7 Å². The fourth-order valence-electron chi connectivity index (χ4n) is 1.09. The minimum absolute atomic E-state index is 0.441. The molecule has 1 rings (SSSR count). The Bertz CT molecular complexity index is 398. The highest BCUT2D eigenvalue weighted by Crippen LogP contribution is 2.21. The highest BCUT2D eigenvalue weighted by atomic mass is 79.9. The number of carbonyl (C=O) groups excluding carboxylic acids is 1. The van der Waals surface area contributed by atoms with Crippen molar-refractivity contribution in [3.63, 3.8) is 0 Å². The molecule has 1 aromatic rings. The fourth-order valence-corrected chi connectivity index (χ4v) is 1.47. The second-order valence-corrected chi connectivity index (χ2v) is 5.45. The van der Waals surface area contributed by atoms with E-state index in [0.717, 1.165) is 10.0 Å².